The summed E-state index contributed by atoms with van der Waals surface area (Å²) in [5, 5.41) is 0. The number of ether oxygens (including phenoxy) is 2. The molecule has 0 aliphatic rings. The summed E-state index contributed by atoms with van der Waals surface area (Å²) in [4.78, 5) is 36.4. The lowest BCUT2D eigenvalue weighted by atomic mass is 9.88. The Morgan fingerprint density at radius 2 is 1.43 bits per heavy atom. The predicted molar refractivity (Wildman–Crippen MR) is 86.0 cm³/mol. The minimum Gasteiger partial charge on any atom is -0.465 e. The number of carbonyl (C=O) groups is 3. The van der Waals surface area contributed by atoms with Gasteiger partial charge in [-0.1, -0.05) is 36.8 Å². The van der Waals surface area contributed by atoms with Gasteiger partial charge in [-0.15, -0.1) is 0 Å². The largest absolute Gasteiger partial charge is 0.465 e. The number of ketones is 1. The van der Waals surface area contributed by atoms with Crippen LogP contribution in [0.4, 0.5) is 0 Å². The molecule has 0 heterocycles. The average Bonchev–Trinajstić information content (AvgIpc) is 2.48. The minimum absolute atomic E-state index is 0.0748. The molecule has 0 aromatic heterocycles. The maximum Gasteiger partial charge on any atom is 0.320 e. The number of carbonyl (C=O) groups excluding carboxylic acids is 3. The van der Waals surface area contributed by atoms with Crippen LogP contribution < -0.4 is 0 Å². The van der Waals surface area contributed by atoms with Gasteiger partial charge < -0.3 is 9.47 Å². The second kappa shape index (κ2) is 9.08. The Morgan fingerprint density at radius 1 is 0.957 bits per heavy atom. The Labute approximate surface area is 137 Å². The molecule has 0 spiro atoms. The molecule has 126 valence electrons. The van der Waals surface area contributed by atoms with Crippen molar-refractivity contribution in [3.63, 3.8) is 0 Å². The SMILES string of the molecule is CCOC(=O)C(C(=O)OCC)C(C)CC(=O)c1ccc(C)cc1. The standard InChI is InChI=1S/C18H24O5/c1-5-22-17(20)16(18(21)23-6-2)13(4)11-15(19)14-9-7-12(3)8-10-14/h7-10,13,16H,5-6,11H2,1-4H3. The molecule has 5 nitrogen and oxygen atoms in total. The first kappa shape index (κ1) is 18.9. The highest BCUT2D eigenvalue weighted by Gasteiger charge is 2.36. The van der Waals surface area contributed by atoms with Crippen LogP contribution in [0.2, 0.25) is 0 Å². The predicted octanol–water partition coefficient (Wildman–Crippen LogP) is 2.95. The van der Waals surface area contributed by atoms with Crippen molar-refractivity contribution in [2.75, 3.05) is 13.2 Å². The summed E-state index contributed by atoms with van der Waals surface area (Å²) in [5.41, 5.74) is 1.62. The van der Waals surface area contributed by atoms with E-state index in [0.29, 0.717) is 5.56 Å². The van der Waals surface area contributed by atoms with Crippen molar-refractivity contribution in [3.05, 3.63) is 35.4 Å². The van der Waals surface area contributed by atoms with E-state index in [0.717, 1.165) is 5.56 Å². The number of rotatable bonds is 8. The van der Waals surface area contributed by atoms with Crippen LogP contribution in [0.25, 0.3) is 0 Å². The lowest BCUT2D eigenvalue weighted by molar-refractivity contribution is -0.164. The summed E-state index contributed by atoms with van der Waals surface area (Å²) in [7, 11) is 0. The van der Waals surface area contributed by atoms with Gasteiger partial charge >= 0.3 is 11.9 Å². The number of hydrogen-bond acceptors (Lipinski definition) is 5. The van der Waals surface area contributed by atoms with Gasteiger partial charge in [-0.25, -0.2) is 0 Å². The molecule has 0 aliphatic heterocycles. The zero-order valence-corrected chi connectivity index (χ0v) is 14.1. The molecule has 23 heavy (non-hydrogen) atoms. The fourth-order valence-electron chi connectivity index (χ4n) is 2.29. The number of Topliss-reactive ketones (excluding diaryl/α,β-unsaturated/α-hetero) is 1. The van der Waals surface area contributed by atoms with Crippen molar-refractivity contribution in [1.29, 1.82) is 0 Å². The maximum atomic E-state index is 12.3. The first-order valence-electron chi connectivity index (χ1n) is 7.83. The van der Waals surface area contributed by atoms with Gasteiger partial charge in [-0.2, -0.15) is 0 Å². The number of benzene rings is 1. The van der Waals surface area contributed by atoms with Gasteiger partial charge in [0.2, 0.25) is 0 Å². The molecule has 1 aromatic rings. The van der Waals surface area contributed by atoms with E-state index in [1.807, 2.05) is 19.1 Å². The third kappa shape index (κ3) is 5.51. The second-order valence-corrected chi connectivity index (χ2v) is 5.45. The quantitative estimate of drug-likeness (QED) is 0.418. The van der Waals surface area contributed by atoms with Gasteiger partial charge in [0.05, 0.1) is 13.2 Å². The van der Waals surface area contributed by atoms with Gasteiger partial charge in [0.15, 0.2) is 11.7 Å². The molecule has 0 N–H and O–H groups in total. The molecular weight excluding hydrogens is 296 g/mol. The molecule has 1 unspecified atom stereocenters. The monoisotopic (exact) mass is 320 g/mol. The molecular formula is C18H24O5. The van der Waals surface area contributed by atoms with Crippen molar-refractivity contribution in [2.45, 2.75) is 34.1 Å². The lowest BCUT2D eigenvalue weighted by Crippen LogP contribution is -2.34. The molecule has 0 saturated carbocycles. The van der Waals surface area contributed by atoms with Crippen molar-refractivity contribution in [3.8, 4) is 0 Å². The Morgan fingerprint density at radius 3 is 1.87 bits per heavy atom. The molecule has 0 fully saturated rings. The molecule has 1 aromatic carbocycles. The summed E-state index contributed by atoms with van der Waals surface area (Å²) < 4.78 is 9.89. The van der Waals surface area contributed by atoms with Crippen LogP contribution in [0.3, 0.4) is 0 Å². The zero-order chi connectivity index (χ0) is 17.4. The summed E-state index contributed by atoms with van der Waals surface area (Å²) in [5.74, 6) is -2.98. The fraction of sp³-hybridized carbons (Fsp3) is 0.500. The van der Waals surface area contributed by atoms with Crippen molar-refractivity contribution in [2.24, 2.45) is 11.8 Å². The molecule has 0 aliphatic carbocycles. The van der Waals surface area contributed by atoms with Gasteiger partial charge in [-0.05, 0) is 26.7 Å². The lowest BCUT2D eigenvalue weighted by Gasteiger charge is -2.20. The Hall–Kier alpha value is -2.17. The van der Waals surface area contributed by atoms with E-state index in [-0.39, 0.29) is 25.4 Å². The van der Waals surface area contributed by atoms with Crippen LogP contribution in [0.1, 0.15) is 43.1 Å². The summed E-state index contributed by atoms with van der Waals surface area (Å²) in [6.07, 6.45) is 0.0748. The topological polar surface area (TPSA) is 69.7 Å². The molecule has 5 heteroatoms. The third-order valence-electron chi connectivity index (χ3n) is 3.53. The summed E-state index contributed by atoms with van der Waals surface area (Å²) in [6, 6.07) is 7.19. The summed E-state index contributed by atoms with van der Waals surface area (Å²) in [6.45, 7) is 7.31. The normalized spacial score (nSPS) is 11.9. The maximum absolute atomic E-state index is 12.3. The van der Waals surface area contributed by atoms with Crippen molar-refractivity contribution < 1.29 is 23.9 Å². The second-order valence-electron chi connectivity index (χ2n) is 5.45. The van der Waals surface area contributed by atoms with Gasteiger partial charge in [0.1, 0.15) is 0 Å². The number of hydrogen-bond donors (Lipinski definition) is 0. The van der Waals surface area contributed by atoms with E-state index in [2.05, 4.69) is 0 Å². The zero-order valence-electron chi connectivity index (χ0n) is 14.1. The van der Waals surface area contributed by atoms with Crippen molar-refractivity contribution in [1.82, 2.24) is 0 Å². The average molecular weight is 320 g/mol. The highest BCUT2D eigenvalue weighted by atomic mass is 16.6. The summed E-state index contributed by atoms with van der Waals surface area (Å²) >= 11 is 0. The van der Waals surface area contributed by atoms with E-state index >= 15 is 0 Å². The first-order chi connectivity index (χ1) is 10.9. The number of esters is 2. The van der Waals surface area contributed by atoms with Crippen LogP contribution in [0.15, 0.2) is 24.3 Å². The minimum atomic E-state index is -1.08. The molecule has 1 atom stereocenters. The van der Waals surface area contributed by atoms with E-state index < -0.39 is 23.8 Å². The fourth-order valence-corrected chi connectivity index (χ4v) is 2.29. The highest BCUT2D eigenvalue weighted by Crippen LogP contribution is 2.22. The van der Waals surface area contributed by atoms with Gasteiger partial charge in [0, 0.05) is 12.0 Å². The third-order valence-corrected chi connectivity index (χ3v) is 3.53. The first-order valence-corrected chi connectivity index (χ1v) is 7.83. The molecule has 0 saturated heterocycles. The highest BCUT2D eigenvalue weighted by molar-refractivity contribution is 5.99. The smallest absolute Gasteiger partial charge is 0.320 e. The molecule has 0 radical (unpaired) electrons. The Kier molecular flexibility index (Phi) is 7.45. The van der Waals surface area contributed by atoms with E-state index in [1.54, 1.807) is 32.9 Å². The van der Waals surface area contributed by atoms with Crippen LogP contribution in [-0.4, -0.2) is 30.9 Å². The molecule has 0 bridgehead atoms. The Balaban J connectivity index is 2.85. The van der Waals surface area contributed by atoms with Crippen molar-refractivity contribution >= 4 is 17.7 Å². The van der Waals surface area contributed by atoms with Crippen LogP contribution in [-0.2, 0) is 19.1 Å². The van der Waals surface area contributed by atoms with E-state index in [1.165, 1.54) is 0 Å². The van der Waals surface area contributed by atoms with Gasteiger partial charge in [-0.3, -0.25) is 14.4 Å². The Bertz CT molecular complexity index is 529. The molecule has 0 amide bonds. The van der Waals surface area contributed by atoms with Crippen LogP contribution >= 0.6 is 0 Å². The number of aryl methyl sites for hydroxylation is 1. The van der Waals surface area contributed by atoms with E-state index in [4.69, 9.17) is 9.47 Å². The van der Waals surface area contributed by atoms with E-state index in [9.17, 15) is 14.4 Å². The van der Waals surface area contributed by atoms with Crippen LogP contribution in [0.5, 0.6) is 0 Å². The van der Waals surface area contributed by atoms with Gasteiger partial charge in [0.25, 0.3) is 0 Å². The molecule has 1 rings (SSSR count). The van der Waals surface area contributed by atoms with Crippen LogP contribution in [0, 0.1) is 18.8 Å².